The minimum Gasteiger partial charge on any atom is -0.345 e. The summed E-state index contributed by atoms with van der Waals surface area (Å²) in [5.41, 5.74) is -0.325. The predicted molar refractivity (Wildman–Crippen MR) is 73.5 cm³/mol. The van der Waals surface area contributed by atoms with E-state index in [4.69, 9.17) is 11.6 Å². The third-order valence-corrected chi connectivity index (χ3v) is 4.56. The minimum atomic E-state index is -0.524. The smallest absolute Gasteiger partial charge is 0.255 e. The van der Waals surface area contributed by atoms with Crippen LogP contribution in [-0.2, 0) is 0 Å². The molecule has 1 N–H and O–H groups in total. The van der Waals surface area contributed by atoms with Crippen molar-refractivity contribution in [2.24, 2.45) is 0 Å². The number of carbonyl (C=O) groups is 1. The van der Waals surface area contributed by atoms with Gasteiger partial charge in [-0.1, -0.05) is 18.9 Å². The van der Waals surface area contributed by atoms with Crippen LogP contribution >= 0.6 is 27.5 Å². The van der Waals surface area contributed by atoms with Crippen molar-refractivity contribution in [1.29, 1.82) is 0 Å². The molecule has 1 aliphatic carbocycles. The summed E-state index contributed by atoms with van der Waals surface area (Å²) < 4.78 is 14.1. The van der Waals surface area contributed by atoms with Gasteiger partial charge >= 0.3 is 0 Å². The highest BCUT2D eigenvalue weighted by molar-refractivity contribution is 9.10. The van der Waals surface area contributed by atoms with Gasteiger partial charge in [-0.2, -0.15) is 0 Å². The first-order chi connectivity index (χ1) is 8.58. The van der Waals surface area contributed by atoms with E-state index in [0.717, 1.165) is 25.7 Å². The Kier molecular flexibility index (Phi) is 4.28. The van der Waals surface area contributed by atoms with E-state index in [9.17, 15) is 9.18 Å². The molecule has 0 bridgehead atoms. The molecule has 98 valence electrons. The van der Waals surface area contributed by atoms with E-state index >= 15 is 0 Å². The van der Waals surface area contributed by atoms with Gasteiger partial charge in [0.1, 0.15) is 5.82 Å². The van der Waals surface area contributed by atoms with Crippen LogP contribution in [0.15, 0.2) is 22.7 Å². The molecule has 1 saturated carbocycles. The third-order valence-electron chi connectivity index (χ3n) is 3.38. The number of carbonyl (C=O) groups excluding carboxylic acids is 1. The van der Waals surface area contributed by atoms with Crippen LogP contribution < -0.4 is 5.32 Å². The van der Waals surface area contributed by atoms with Crippen molar-refractivity contribution in [2.75, 3.05) is 5.88 Å². The zero-order valence-corrected chi connectivity index (χ0v) is 12.2. The van der Waals surface area contributed by atoms with E-state index in [-0.39, 0.29) is 11.1 Å². The van der Waals surface area contributed by atoms with Crippen LogP contribution in [0.4, 0.5) is 4.39 Å². The third kappa shape index (κ3) is 2.69. The van der Waals surface area contributed by atoms with E-state index in [1.54, 1.807) is 12.1 Å². The molecule has 1 amide bonds. The molecule has 0 atom stereocenters. The van der Waals surface area contributed by atoms with Gasteiger partial charge in [0.2, 0.25) is 0 Å². The fourth-order valence-corrected chi connectivity index (χ4v) is 3.22. The van der Waals surface area contributed by atoms with Crippen LogP contribution in [0.25, 0.3) is 0 Å². The maximum Gasteiger partial charge on any atom is 0.255 e. The average Bonchev–Trinajstić information content (AvgIpc) is 2.78. The van der Waals surface area contributed by atoms with Crippen LogP contribution in [-0.4, -0.2) is 17.3 Å². The first-order valence-corrected chi connectivity index (χ1v) is 7.23. The van der Waals surface area contributed by atoms with Crippen LogP contribution in [0.1, 0.15) is 36.0 Å². The topological polar surface area (TPSA) is 29.1 Å². The second kappa shape index (κ2) is 5.57. The molecule has 0 heterocycles. The molecule has 0 saturated heterocycles. The van der Waals surface area contributed by atoms with Crippen molar-refractivity contribution in [3.8, 4) is 0 Å². The summed E-state index contributed by atoms with van der Waals surface area (Å²) in [4.78, 5) is 12.2. The van der Waals surface area contributed by atoms with E-state index in [1.165, 1.54) is 6.07 Å². The molecule has 5 heteroatoms. The Morgan fingerprint density at radius 1 is 1.44 bits per heavy atom. The van der Waals surface area contributed by atoms with Crippen molar-refractivity contribution in [3.63, 3.8) is 0 Å². The van der Waals surface area contributed by atoms with Gasteiger partial charge in [-0.3, -0.25) is 4.79 Å². The highest BCUT2D eigenvalue weighted by Gasteiger charge is 2.35. The molecule has 1 aliphatic rings. The zero-order chi connectivity index (χ0) is 13.2. The second-order valence-electron chi connectivity index (χ2n) is 4.67. The quantitative estimate of drug-likeness (QED) is 0.835. The standard InChI is InChI=1S/C13H14BrClFNO/c14-9-4-3-5-10(16)11(9)12(18)17-13(8-15)6-1-2-7-13/h3-5H,1-2,6-8H2,(H,17,18). The van der Waals surface area contributed by atoms with Gasteiger partial charge in [0.05, 0.1) is 11.1 Å². The highest BCUT2D eigenvalue weighted by Crippen LogP contribution is 2.31. The molecule has 1 fully saturated rings. The van der Waals surface area contributed by atoms with Gasteiger partial charge in [0.15, 0.2) is 0 Å². The summed E-state index contributed by atoms with van der Waals surface area (Å²) in [6.45, 7) is 0. The minimum absolute atomic E-state index is 0.0499. The molecule has 1 aromatic carbocycles. The largest absolute Gasteiger partial charge is 0.345 e. The number of halogens is 3. The number of benzene rings is 1. The average molecular weight is 335 g/mol. The fraction of sp³-hybridized carbons (Fsp3) is 0.462. The van der Waals surface area contributed by atoms with Gasteiger partial charge in [-0.05, 0) is 40.9 Å². The Morgan fingerprint density at radius 3 is 2.67 bits per heavy atom. The van der Waals surface area contributed by atoms with E-state index < -0.39 is 11.7 Å². The molecular weight excluding hydrogens is 321 g/mol. The number of nitrogens with one attached hydrogen (secondary N) is 1. The van der Waals surface area contributed by atoms with Gasteiger partial charge in [0, 0.05) is 10.4 Å². The van der Waals surface area contributed by atoms with E-state index in [2.05, 4.69) is 21.2 Å². The first kappa shape index (κ1) is 13.8. The summed E-state index contributed by atoms with van der Waals surface area (Å²) in [5, 5.41) is 2.90. The lowest BCUT2D eigenvalue weighted by Crippen LogP contribution is -2.48. The maximum absolute atomic E-state index is 13.7. The number of alkyl halides is 1. The Hall–Kier alpha value is -0.610. The van der Waals surface area contributed by atoms with E-state index in [1.807, 2.05) is 0 Å². The molecule has 2 nitrogen and oxygen atoms in total. The normalized spacial score (nSPS) is 17.7. The summed E-state index contributed by atoms with van der Waals surface area (Å²) in [6, 6.07) is 4.49. The molecule has 1 aromatic rings. The van der Waals surface area contributed by atoms with Crippen molar-refractivity contribution in [1.82, 2.24) is 5.32 Å². The number of amides is 1. The lowest BCUT2D eigenvalue weighted by Gasteiger charge is -2.28. The molecule has 18 heavy (non-hydrogen) atoms. The SMILES string of the molecule is O=C(NC1(CCl)CCCC1)c1c(F)cccc1Br. The number of hydrogen-bond donors (Lipinski definition) is 1. The monoisotopic (exact) mass is 333 g/mol. The van der Waals surface area contributed by atoms with Gasteiger partial charge in [-0.25, -0.2) is 4.39 Å². The van der Waals surface area contributed by atoms with E-state index in [0.29, 0.717) is 10.4 Å². The van der Waals surface area contributed by atoms with Gasteiger partial charge in [0.25, 0.3) is 5.91 Å². The molecule has 0 aromatic heterocycles. The molecule has 0 spiro atoms. The van der Waals surface area contributed by atoms with Crippen LogP contribution in [0.5, 0.6) is 0 Å². The Morgan fingerprint density at radius 2 is 2.11 bits per heavy atom. The summed E-state index contributed by atoms with van der Waals surface area (Å²) in [7, 11) is 0. The van der Waals surface area contributed by atoms with Crippen molar-refractivity contribution in [3.05, 3.63) is 34.1 Å². The molecule has 0 radical (unpaired) electrons. The molecule has 0 aliphatic heterocycles. The fourth-order valence-electron chi connectivity index (χ4n) is 2.36. The summed E-state index contributed by atoms with van der Waals surface area (Å²) >= 11 is 9.16. The molecular formula is C13H14BrClFNO. The predicted octanol–water partition coefficient (Wildman–Crippen LogP) is 3.87. The van der Waals surface area contributed by atoms with Crippen molar-refractivity contribution in [2.45, 2.75) is 31.2 Å². The van der Waals surface area contributed by atoms with Gasteiger partial charge < -0.3 is 5.32 Å². The molecule has 2 rings (SSSR count). The second-order valence-corrected chi connectivity index (χ2v) is 5.79. The van der Waals surface area contributed by atoms with Gasteiger partial charge in [-0.15, -0.1) is 11.6 Å². The zero-order valence-electron chi connectivity index (χ0n) is 9.81. The van der Waals surface area contributed by atoms with Crippen LogP contribution in [0.2, 0.25) is 0 Å². The van der Waals surface area contributed by atoms with Crippen LogP contribution in [0, 0.1) is 5.82 Å². The Balaban J connectivity index is 2.22. The lowest BCUT2D eigenvalue weighted by atomic mass is 9.99. The highest BCUT2D eigenvalue weighted by atomic mass is 79.9. The lowest BCUT2D eigenvalue weighted by molar-refractivity contribution is 0.0904. The van der Waals surface area contributed by atoms with Crippen LogP contribution in [0.3, 0.4) is 0 Å². The number of rotatable bonds is 3. The maximum atomic E-state index is 13.7. The number of hydrogen-bond acceptors (Lipinski definition) is 1. The van der Waals surface area contributed by atoms with Crippen molar-refractivity contribution < 1.29 is 9.18 Å². The Bertz CT molecular complexity index is 440. The summed E-state index contributed by atoms with van der Waals surface area (Å²) in [5.74, 6) is -0.558. The first-order valence-electron chi connectivity index (χ1n) is 5.90. The summed E-state index contributed by atoms with van der Waals surface area (Å²) in [6.07, 6.45) is 3.81. The molecule has 0 unspecified atom stereocenters. The van der Waals surface area contributed by atoms with Crippen molar-refractivity contribution >= 4 is 33.4 Å². The Labute approximate surface area is 119 Å².